The molecule has 2 aromatic rings. The number of amides is 1. The van der Waals surface area contributed by atoms with Crippen LogP contribution < -0.4 is 9.62 Å². The van der Waals surface area contributed by atoms with Crippen molar-refractivity contribution in [3.8, 4) is 0 Å². The highest BCUT2D eigenvalue weighted by molar-refractivity contribution is 7.89. The highest BCUT2D eigenvalue weighted by Crippen LogP contribution is 2.29. The van der Waals surface area contributed by atoms with Gasteiger partial charge in [0.2, 0.25) is 15.9 Å². The normalized spacial score (nSPS) is 14.5. The van der Waals surface area contributed by atoms with Crippen molar-refractivity contribution in [1.82, 2.24) is 4.72 Å². The fourth-order valence-electron chi connectivity index (χ4n) is 2.31. The predicted molar refractivity (Wildman–Crippen MR) is 81.3 cm³/mol. The van der Waals surface area contributed by atoms with Gasteiger partial charge < -0.3 is 9.32 Å². The average Bonchev–Trinajstić information content (AvgIpc) is 3.01. The highest BCUT2D eigenvalue weighted by Gasteiger charge is 2.26. The standard InChI is InChI=1S/C14H13ClN2O4S/c1-17-12-4-3-11(6-9(12)7-14(17)18)22(19,20)16-8-10-2-5-13(15)21-10/h2-6,16H,7-8H2,1H3. The number of hydrogen-bond donors (Lipinski definition) is 1. The van der Waals surface area contributed by atoms with Gasteiger partial charge in [-0.25, -0.2) is 13.1 Å². The van der Waals surface area contributed by atoms with Gasteiger partial charge in [0.05, 0.1) is 17.9 Å². The second kappa shape index (κ2) is 5.42. The van der Waals surface area contributed by atoms with E-state index in [1.54, 1.807) is 25.2 Å². The van der Waals surface area contributed by atoms with Gasteiger partial charge in [-0.1, -0.05) is 0 Å². The summed E-state index contributed by atoms with van der Waals surface area (Å²) >= 11 is 5.64. The van der Waals surface area contributed by atoms with E-state index in [4.69, 9.17) is 16.0 Å². The molecule has 1 aromatic heterocycles. The molecule has 1 N–H and O–H groups in total. The molecule has 0 saturated heterocycles. The first-order chi connectivity index (χ1) is 10.4. The Hall–Kier alpha value is -1.83. The predicted octanol–water partition coefficient (Wildman–Crippen LogP) is 1.93. The maximum Gasteiger partial charge on any atom is 0.240 e. The van der Waals surface area contributed by atoms with E-state index in [1.165, 1.54) is 17.0 Å². The molecule has 1 aliphatic rings. The van der Waals surface area contributed by atoms with Gasteiger partial charge in [0.25, 0.3) is 0 Å². The second-order valence-electron chi connectivity index (χ2n) is 4.95. The number of likely N-dealkylation sites (N-methyl/N-ethyl adjacent to an activating group) is 1. The molecule has 0 atom stereocenters. The summed E-state index contributed by atoms with van der Waals surface area (Å²) in [6, 6.07) is 7.78. The number of furan rings is 1. The molecule has 1 aromatic carbocycles. The average molecular weight is 341 g/mol. The van der Waals surface area contributed by atoms with Crippen LogP contribution in [0.2, 0.25) is 5.22 Å². The smallest absolute Gasteiger partial charge is 0.240 e. The topological polar surface area (TPSA) is 79.6 Å². The second-order valence-corrected chi connectivity index (χ2v) is 7.09. The van der Waals surface area contributed by atoms with Crippen LogP contribution in [-0.4, -0.2) is 21.4 Å². The van der Waals surface area contributed by atoms with E-state index in [0.717, 1.165) is 5.69 Å². The lowest BCUT2D eigenvalue weighted by Gasteiger charge is -2.11. The first kappa shape index (κ1) is 15.1. The van der Waals surface area contributed by atoms with Crippen LogP contribution in [0.15, 0.2) is 39.6 Å². The minimum Gasteiger partial charge on any atom is -0.448 e. The van der Waals surface area contributed by atoms with E-state index in [9.17, 15) is 13.2 Å². The zero-order chi connectivity index (χ0) is 15.9. The highest BCUT2D eigenvalue weighted by atomic mass is 35.5. The lowest BCUT2D eigenvalue weighted by atomic mass is 10.2. The number of nitrogens with zero attached hydrogens (tertiary/aromatic N) is 1. The molecule has 3 rings (SSSR count). The van der Waals surface area contributed by atoms with Gasteiger partial charge in [-0.2, -0.15) is 0 Å². The van der Waals surface area contributed by atoms with Gasteiger partial charge in [-0.15, -0.1) is 0 Å². The lowest BCUT2D eigenvalue weighted by Crippen LogP contribution is -2.23. The van der Waals surface area contributed by atoms with E-state index in [0.29, 0.717) is 11.3 Å². The van der Waals surface area contributed by atoms with Crippen molar-refractivity contribution in [2.45, 2.75) is 17.9 Å². The maximum atomic E-state index is 12.3. The molecule has 22 heavy (non-hydrogen) atoms. The Labute approximate surface area is 132 Å². The van der Waals surface area contributed by atoms with E-state index in [1.807, 2.05) is 0 Å². The van der Waals surface area contributed by atoms with Crippen molar-refractivity contribution in [2.75, 3.05) is 11.9 Å². The number of benzene rings is 1. The van der Waals surface area contributed by atoms with Gasteiger partial charge in [0, 0.05) is 12.7 Å². The third-order valence-electron chi connectivity index (χ3n) is 3.50. The number of halogens is 1. The molecule has 1 aliphatic heterocycles. The zero-order valence-electron chi connectivity index (χ0n) is 11.7. The summed E-state index contributed by atoms with van der Waals surface area (Å²) in [6.07, 6.45) is 0.211. The number of carbonyl (C=O) groups excluding carboxylic acids is 1. The van der Waals surface area contributed by atoms with Crippen molar-refractivity contribution in [3.05, 3.63) is 46.9 Å². The molecule has 116 valence electrons. The number of sulfonamides is 1. The number of nitrogens with one attached hydrogen (secondary N) is 1. The van der Waals surface area contributed by atoms with Crippen molar-refractivity contribution in [1.29, 1.82) is 0 Å². The molecule has 0 aliphatic carbocycles. The summed E-state index contributed by atoms with van der Waals surface area (Å²) in [6.45, 7) is 0.00493. The number of anilines is 1. The van der Waals surface area contributed by atoms with E-state index < -0.39 is 10.0 Å². The molecule has 0 unspecified atom stereocenters. The number of carbonyl (C=O) groups is 1. The van der Waals surface area contributed by atoms with Crippen LogP contribution in [0.1, 0.15) is 11.3 Å². The summed E-state index contributed by atoms with van der Waals surface area (Å²) in [5.74, 6) is 0.368. The molecule has 0 bridgehead atoms. The van der Waals surface area contributed by atoms with E-state index in [-0.39, 0.29) is 29.0 Å². The van der Waals surface area contributed by atoms with Crippen molar-refractivity contribution in [3.63, 3.8) is 0 Å². The van der Waals surface area contributed by atoms with Crippen molar-refractivity contribution < 1.29 is 17.6 Å². The van der Waals surface area contributed by atoms with Crippen LogP contribution in [-0.2, 0) is 27.8 Å². The minimum absolute atomic E-state index is 0.00493. The van der Waals surface area contributed by atoms with Gasteiger partial charge >= 0.3 is 0 Å². The van der Waals surface area contributed by atoms with Crippen LogP contribution in [0, 0.1) is 0 Å². The van der Waals surface area contributed by atoms with Crippen molar-refractivity contribution in [2.24, 2.45) is 0 Å². The molecular weight excluding hydrogens is 328 g/mol. The molecule has 0 fully saturated rings. The Bertz CT molecular complexity index is 844. The third-order valence-corrected chi connectivity index (χ3v) is 5.11. The molecule has 1 amide bonds. The Morgan fingerprint density at radius 3 is 2.77 bits per heavy atom. The van der Waals surface area contributed by atoms with Crippen molar-refractivity contribution >= 4 is 33.2 Å². The first-order valence-electron chi connectivity index (χ1n) is 6.50. The van der Waals surface area contributed by atoms with Crippen LogP contribution in [0.25, 0.3) is 0 Å². The molecule has 0 radical (unpaired) electrons. The number of fused-ring (bicyclic) bond motifs is 1. The van der Waals surface area contributed by atoms with Crippen LogP contribution >= 0.6 is 11.6 Å². The fraction of sp³-hybridized carbons (Fsp3) is 0.214. The molecule has 0 saturated carbocycles. The molecule has 0 spiro atoms. The zero-order valence-corrected chi connectivity index (χ0v) is 13.2. The van der Waals surface area contributed by atoms with E-state index in [2.05, 4.69) is 4.72 Å². The summed E-state index contributed by atoms with van der Waals surface area (Å²) < 4.78 is 32.1. The Morgan fingerprint density at radius 2 is 2.09 bits per heavy atom. The number of rotatable bonds is 4. The quantitative estimate of drug-likeness (QED) is 0.922. The maximum absolute atomic E-state index is 12.3. The lowest BCUT2D eigenvalue weighted by molar-refractivity contribution is -0.117. The monoisotopic (exact) mass is 340 g/mol. The summed E-state index contributed by atoms with van der Waals surface area (Å²) in [5.41, 5.74) is 1.44. The van der Waals surface area contributed by atoms with Gasteiger partial charge in [0.1, 0.15) is 5.76 Å². The van der Waals surface area contributed by atoms with Crippen LogP contribution in [0.5, 0.6) is 0 Å². The van der Waals surface area contributed by atoms with Gasteiger partial charge in [-0.3, -0.25) is 4.79 Å². The Morgan fingerprint density at radius 1 is 1.32 bits per heavy atom. The number of hydrogen-bond acceptors (Lipinski definition) is 4. The minimum atomic E-state index is -3.69. The summed E-state index contributed by atoms with van der Waals surface area (Å²) in [5, 5.41) is 0.202. The third kappa shape index (κ3) is 2.75. The Balaban J connectivity index is 1.81. The molecular formula is C14H13ClN2O4S. The molecule has 2 heterocycles. The fourth-order valence-corrected chi connectivity index (χ4v) is 3.52. The first-order valence-corrected chi connectivity index (χ1v) is 8.36. The van der Waals surface area contributed by atoms with Gasteiger partial charge in [-0.05, 0) is 47.5 Å². The van der Waals surface area contributed by atoms with E-state index >= 15 is 0 Å². The van der Waals surface area contributed by atoms with Crippen LogP contribution in [0.4, 0.5) is 5.69 Å². The molecule has 6 nitrogen and oxygen atoms in total. The summed E-state index contributed by atoms with van der Waals surface area (Å²) in [4.78, 5) is 13.3. The largest absolute Gasteiger partial charge is 0.448 e. The SMILES string of the molecule is CN1C(=O)Cc2cc(S(=O)(=O)NCc3ccc(Cl)o3)ccc21. The van der Waals surface area contributed by atoms with Crippen LogP contribution in [0.3, 0.4) is 0 Å². The summed E-state index contributed by atoms with van der Waals surface area (Å²) in [7, 11) is -2.02. The Kier molecular flexibility index (Phi) is 3.72. The van der Waals surface area contributed by atoms with Gasteiger partial charge in [0.15, 0.2) is 5.22 Å². The molecule has 8 heteroatoms.